The summed E-state index contributed by atoms with van der Waals surface area (Å²) in [4.78, 5) is 25.5. The Morgan fingerprint density at radius 1 is 1.13 bits per heavy atom. The van der Waals surface area contributed by atoms with Crippen molar-refractivity contribution in [1.82, 2.24) is 0 Å². The van der Waals surface area contributed by atoms with Crippen LogP contribution in [-0.2, 0) is 4.79 Å². The third kappa shape index (κ3) is 5.41. The number of nitrogens with one attached hydrogen (secondary N) is 1. The Kier molecular flexibility index (Phi) is 6.74. The highest BCUT2D eigenvalue weighted by Crippen LogP contribution is 2.28. The summed E-state index contributed by atoms with van der Waals surface area (Å²) >= 11 is 6.41. The zero-order chi connectivity index (χ0) is 16.8. The van der Waals surface area contributed by atoms with Gasteiger partial charge in [-0.1, -0.05) is 15.9 Å². The van der Waals surface area contributed by atoms with Gasteiger partial charge < -0.3 is 5.32 Å². The summed E-state index contributed by atoms with van der Waals surface area (Å²) in [5, 5.41) is 2.77. The maximum Gasteiger partial charge on any atom is 0.221 e. The Morgan fingerprint density at radius 2 is 1.83 bits per heavy atom. The SMILES string of the molecule is CSc1cc(C(=O)CSc2ccc(Br)cc2)ccc1NC(C)=O. The van der Waals surface area contributed by atoms with E-state index in [4.69, 9.17) is 0 Å². The van der Waals surface area contributed by atoms with E-state index in [1.807, 2.05) is 36.6 Å². The second-order valence-corrected chi connectivity index (χ2v) is 7.57. The number of ketones is 1. The summed E-state index contributed by atoms with van der Waals surface area (Å²) in [6, 6.07) is 13.3. The lowest BCUT2D eigenvalue weighted by Gasteiger charge is -2.10. The van der Waals surface area contributed by atoms with Crippen LogP contribution in [0.25, 0.3) is 0 Å². The van der Waals surface area contributed by atoms with E-state index in [0.29, 0.717) is 11.3 Å². The quantitative estimate of drug-likeness (QED) is 0.532. The third-order valence-electron chi connectivity index (χ3n) is 3.02. The fourth-order valence-corrected chi connectivity index (χ4v) is 3.56. The molecule has 0 saturated heterocycles. The monoisotopic (exact) mass is 409 g/mol. The minimum absolute atomic E-state index is 0.0718. The van der Waals surface area contributed by atoms with Crippen molar-refractivity contribution in [2.45, 2.75) is 16.7 Å². The highest BCUT2D eigenvalue weighted by molar-refractivity contribution is 9.10. The lowest BCUT2D eigenvalue weighted by atomic mass is 10.1. The lowest BCUT2D eigenvalue weighted by Crippen LogP contribution is -2.08. The molecule has 0 radical (unpaired) electrons. The van der Waals surface area contributed by atoms with Gasteiger partial charge in [-0.15, -0.1) is 23.5 Å². The molecule has 2 aromatic rings. The zero-order valence-electron chi connectivity index (χ0n) is 12.8. The molecule has 0 bridgehead atoms. The molecule has 6 heteroatoms. The van der Waals surface area contributed by atoms with E-state index < -0.39 is 0 Å². The largest absolute Gasteiger partial charge is 0.325 e. The number of thioether (sulfide) groups is 2. The predicted octanol–water partition coefficient (Wildman–Crippen LogP) is 5.10. The summed E-state index contributed by atoms with van der Waals surface area (Å²) < 4.78 is 1.02. The Bertz CT molecular complexity index is 717. The number of hydrogen-bond donors (Lipinski definition) is 1. The van der Waals surface area contributed by atoms with Crippen molar-refractivity contribution in [3.8, 4) is 0 Å². The van der Waals surface area contributed by atoms with Gasteiger partial charge in [0.25, 0.3) is 0 Å². The summed E-state index contributed by atoms with van der Waals surface area (Å²) in [6.07, 6.45) is 1.92. The topological polar surface area (TPSA) is 46.2 Å². The first-order chi connectivity index (χ1) is 11.0. The number of carbonyl (C=O) groups excluding carboxylic acids is 2. The fourth-order valence-electron chi connectivity index (χ4n) is 1.92. The number of benzene rings is 2. The second kappa shape index (κ2) is 8.57. The van der Waals surface area contributed by atoms with Crippen LogP contribution in [0.3, 0.4) is 0 Å². The number of hydrogen-bond acceptors (Lipinski definition) is 4. The molecule has 1 amide bonds. The van der Waals surface area contributed by atoms with Crippen LogP contribution >= 0.6 is 39.5 Å². The molecule has 0 aliphatic carbocycles. The average Bonchev–Trinajstić information content (AvgIpc) is 2.54. The van der Waals surface area contributed by atoms with E-state index in [2.05, 4.69) is 21.2 Å². The molecule has 0 aromatic heterocycles. The molecule has 0 unspecified atom stereocenters. The predicted molar refractivity (Wildman–Crippen MR) is 102 cm³/mol. The van der Waals surface area contributed by atoms with E-state index in [-0.39, 0.29) is 11.7 Å². The Morgan fingerprint density at radius 3 is 2.43 bits per heavy atom. The van der Waals surface area contributed by atoms with Crippen LogP contribution in [0.5, 0.6) is 0 Å². The van der Waals surface area contributed by atoms with E-state index in [9.17, 15) is 9.59 Å². The normalized spacial score (nSPS) is 10.4. The molecule has 0 heterocycles. The number of rotatable bonds is 6. The number of amides is 1. The zero-order valence-corrected chi connectivity index (χ0v) is 16.0. The number of anilines is 1. The van der Waals surface area contributed by atoms with Crippen molar-refractivity contribution in [2.75, 3.05) is 17.3 Å². The van der Waals surface area contributed by atoms with Crippen LogP contribution in [0.2, 0.25) is 0 Å². The van der Waals surface area contributed by atoms with Crippen molar-refractivity contribution in [2.24, 2.45) is 0 Å². The van der Waals surface area contributed by atoms with Crippen molar-refractivity contribution in [3.05, 3.63) is 52.5 Å². The molecule has 2 aromatic carbocycles. The Balaban J connectivity index is 2.06. The minimum Gasteiger partial charge on any atom is -0.325 e. The van der Waals surface area contributed by atoms with Crippen LogP contribution in [-0.4, -0.2) is 23.7 Å². The summed E-state index contributed by atoms with van der Waals surface area (Å²) in [5.74, 6) is 0.335. The molecule has 0 aliphatic rings. The van der Waals surface area contributed by atoms with Crippen LogP contribution < -0.4 is 5.32 Å². The van der Waals surface area contributed by atoms with Crippen molar-refractivity contribution < 1.29 is 9.59 Å². The molecule has 0 fully saturated rings. The van der Waals surface area contributed by atoms with Crippen molar-refractivity contribution >= 4 is 56.8 Å². The van der Waals surface area contributed by atoms with E-state index in [1.54, 1.807) is 12.1 Å². The van der Waals surface area contributed by atoms with Crippen LogP contribution in [0.4, 0.5) is 5.69 Å². The van der Waals surface area contributed by atoms with Gasteiger partial charge in [0.2, 0.25) is 5.91 Å². The molecular weight excluding hydrogens is 394 g/mol. The van der Waals surface area contributed by atoms with Gasteiger partial charge in [0.1, 0.15) is 0 Å². The summed E-state index contributed by atoms with van der Waals surface area (Å²) in [7, 11) is 0. The van der Waals surface area contributed by atoms with Gasteiger partial charge in [0.05, 0.1) is 11.4 Å². The van der Waals surface area contributed by atoms with Crippen LogP contribution in [0.1, 0.15) is 17.3 Å². The first kappa shape index (κ1) is 18.1. The molecule has 0 atom stereocenters. The molecule has 0 spiro atoms. The highest BCUT2D eigenvalue weighted by atomic mass is 79.9. The van der Waals surface area contributed by atoms with Gasteiger partial charge in [-0.25, -0.2) is 0 Å². The Hall–Kier alpha value is -1.24. The summed E-state index contributed by atoms with van der Waals surface area (Å²) in [5.41, 5.74) is 1.40. The third-order valence-corrected chi connectivity index (χ3v) is 5.34. The minimum atomic E-state index is -0.120. The molecular formula is C17H16BrNO2S2. The smallest absolute Gasteiger partial charge is 0.221 e. The van der Waals surface area contributed by atoms with Crippen LogP contribution in [0.15, 0.2) is 56.7 Å². The molecule has 0 aliphatic heterocycles. The maximum atomic E-state index is 12.4. The molecule has 23 heavy (non-hydrogen) atoms. The number of carbonyl (C=O) groups is 2. The molecule has 2 rings (SSSR count). The van der Waals surface area contributed by atoms with Gasteiger partial charge in [0, 0.05) is 26.8 Å². The first-order valence-corrected chi connectivity index (χ1v) is 9.87. The maximum absolute atomic E-state index is 12.4. The fraction of sp³-hybridized carbons (Fsp3) is 0.176. The van der Waals surface area contributed by atoms with Gasteiger partial charge in [-0.05, 0) is 48.7 Å². The van der Waals surface area contributed by atoms with Gasteiger partial charge in [-0.3, -0.25) is 9.59 Å². The highest BCUT2D eigenvalue weighted by Gasteiger charge is 2.11. The lowest BCUT2D eigenvalue weighted by molar-refractivity contribution is -0.114. The van der Waals surface area contributed by atoms with Gasteiger partial charge in [-0.2, -0.15) is 0 Å². The number of halogens is 1. The Labute approximate surface area is 152 Å². The first-order valence-electron chi connectivity index (χ1n) is 6.87. The van der Waals surface area contributed by atoms with Crippen LogP contribution in [0, 0.1) is 0 Å². The van der Waals surface area contributed by atoms with E-state index >= 15 is 0 Å². The summed E-state index contributed by atoms with van der Waals surface area (Å²) in [6.45, 7) is 1.47. The standard InChI is InChI=1S/C17H16BrNO2S2/c1-11(20)19-15-8-3-12(9-17(15)22-2)16(21)10-23-14-6-4-13(18)5-7-14/h3-9H,10H2,1-2H3,(H,19,20). The van der Waals surface area contributed by atoms with Gasteiger partial charge >= 0.3 is 0 Å². The van der Waals surface area contributed by atoms with Crippen molar-refractivity contribution in [3.63, 3.8) is 0 Å². The van der Waals surface area contributed by atoms with E-state index in [1.165, 1.54) is 30.4 Å². The van der Waals surface area contributed by atoms with Gasteiger partial charge in [0.15, 0.2) is 5.78 Å². The molecule has 1 N–H and O–H groups in total. The second-order valence-electron chi connectivity index (χ2n) is 4.76. The average molecular weight is 410 g/mol. The van der Waals surface area contributed by atoms with Crippen molar-refractivity contribution in [1.29, 1.82) is 0 Å². The van der Waals surface area contributed by atoms with E-state index in [0.717, 1.165) is 20.0 Å². The number of Topliss-reactive ketones (excluding diaryl/α,β-unsaturated/α-hetero) is 1. The molecule has 0 saturated carbocycles. The molecule has 120 valence electrons. The molecule has 3 nitrogen and oxygen atoms in total.